The molecule has 2 amide bonds. The number of hydrogen-bond donors (Lipinski definition) is 2. The van der Waals surface area contributed by atoms with E-state index in [4.69, 9.17) is 17.3 Å². The average molecular weight is 388 g/mol. The maximum absolute atomic E-state index is 12.5. The number of aromatic nitrogens is 2. The molecule has 2 heterocycles. The Labute approximate surface area is 162 Å². The van der Waals surface area contributed by atoms with Crippen molar-refractivity contribution in [1.82, 2.24) is 15.1 Å². The number of nitrogens with zero attached hydrogens (tertiary/aromatic N) is 3. The molecule has 0 unspecified atom stereocenters. The van der Waals surface area contributed by atoms with Crippen molar-refractivity contribution in [2.75, 3.05) is 25.0 Å². The third kappa shape index (κ3) is 5.17. The van der Waals surface area contributed by atoms with Crippen LogP contribution in [0.5, 0.6) is 0 Å². The highest BCUT2D eigenvalue weighted by Gasteiger charge is 2.23. The van der Waals surface area contributed by atoms with E-state index in [-0.39, 0.29) is 29.0 Å². The average Bonchev–Trinajstić information content (AvgIpc) is 2.68. The number of hydrogen-bond acceptors (Lipinski definition) is 5. The molecular formula is C19H22ClN5O2. The van der Waals surface area contributed by atoms with E-state index in [0.717, 1.165) is 32.4 Å². The van der Waals surface area contributed by atoms with E-state index in [1.54, 1.807) is 0 Å². The summed E-state index contributed by atoms with van der Waals surface area (Å²) in [7, 11) is 0. The largest absolute Gasteiger partial charge is 0.365 e. The summed E-state index contributed by atoms with van der Waals surface area (Å²) in [6, 6.07) is 11.8. The zero-order valence-corrected chi connectivity index (χ0v) is 15.7. The molecule has 1 aliphatic rings. The number of rotatable bonds is 6. The van der Waals surface area contributed by atoms with Gasteiger partial charge in [-0.25, -0.2) is 0 Å². The quantitative estimate of drug-likeness (QED) is 0.790. The molecule has 1 fully saturated rings. The summed E-state index contributed by atoms with van der Waals surface area (Å²) in [5, 5.41) is 10.4. The van der Waals surface area contributed by atoms with Crippen LogP contribution in [-0.4, -0.2) is 46.5 Å². The highest BCUT2D eigenvalue weighted by molar-refractivity contribution is 6.29. The number of benzene rings is 1. The molecule has 8 heteroatoms. The van der Waals surface area contributed by atoms with Crippen molar-refractivity contribution in [3.63, 3.8) is 0 Å². The zero-order chi connectivity index (χ0) is 19.2. The van der Waals surface area contributed by atoms with Crippen LogP contribution < -0.4 is 11.1 Å². The number of carbonyl (C=O) groups is 2. The number of likely N-dealkylation sites (tertiary alicyclic amines) is 1. The zero-order valence-electron chi connectivity index (χ0n) is 14.9. The van der Waals surface area contributed by atoms with Crippen molar-refractivity contribution in [1.29, 1.82) is 0 Å². The van der Waals surface area contributed by atoms with E-state index in [9.17, 15) is 9.59 Å². The molecule has 142 valence electrons. The highest BCUT2D eigenvalue weighted by atomic mass is 35.5. The van der Waals surface area contributed by atoms with Gasteiger partial charge < -0.3 is 16.0 Å². The molecule has 0 aliphatic carbocycles. The Hall–Kier alpha value is -2.67. The molecule has 3 rings (SSSR count). The lowest BCUT2D eigenvalue weighted by atomic mass is 9.90. The molecule has 0 atom stereocenters. The van der Waals surface area contributed by atoms with E-state index in [2.05, 4.69) is 39.8 Å². The monoisotopic (exact) mass is 387 g/mol. The third-order valence-corrected chi connectivity index (χ3v) is 4.96. The van der Waals surface area contributed by atoms with Gasteiger partial charge in [0, 0.05) is 13.1 Å². The van der Waals surface area contributed by atoms with Crippen LogP contribution >= 0.6 is 11.6 Å². The second-order valence-corrected chi connectivity index (χ2v) is 7.05. The van der Waals surface area contributed by atoms with Crippen LogP contribution in [0.15, 0.2) is 36.4 Å². The normalized spacial score (nSPS) is 14.8. The first-order valence-corrected chi connectivity index (χ1v) is 9.29. The van der Waals surface area contributed by atoms with Crippen molar-refractivity contribution in [2.45, 2.75) is 19.3 Å². The lowest BCUT2D eigenvalue weighted by molar-refractivity contribution is -0.130. The smallest absolute Gasteiger partial charge is 0.252 e. The van der Waals surface area contributed by atoms with Gasteiger partial charge in [-0.05, 0) is 36.8 Å². The lowest BCUT2D eigenvalue weighted by Gasteiger charge is -2.32. The number of amides is 2. The Morgan fingerprint density at radius 1 is 1.19 bits per heavy atom. The van der Waals surface area contributed by atoms with Crippen molar-refractivity contribution >= 4 is 29.2 Å². The van der Waals surface area contributed by atoms with Crippen LogP contribution in [0.3, 0.4) is 0 Å². The topological polar surface area (TPSA) is 101 Å². The number of primary amides is 1. The van der Waals surface area contributed by atoms with Gasteiger partial charge in [-0.15, -0.1) is 10.2 Å². The molecule has 0 saturated carbocycles. The molecule has 2 aromatic rings. The van der Waals surface area contributed by atoms with Crippen molar-refractivity contribution in [3.8, 4) is 0 Å². The standard InChI is InChI=1S/C19H22ClN5O2/c20-16-11-15(18(21)27)19(24-23-16)22-12-17(26)25-8-6-14(7-9-25)10-13-4-2-1-3-5-13/h1-5,11,14H,6-10,12H2,(H2,21,27)(H,22,24). The number of halogens is 1. The molecule has 1 saturated heterocycles. The first-order valence-electron chi connectivity index (χ1n) is 8.91. The molecular weight excluding hydrogens is 366 g/mol. The molecule has 0 spiro atoms. The van der Waals surface area contributed by atoms with E-state index >= 15 is 0 Å². The molecule has 7 nitrogen and oxygen atoms in total. The fourth-order valence-corrected chi connectivity index (χ4v) is 3.44. The second-order valence-electron chi connectivity index (χ2n) is 6.66. The van der Waals surface area contributed by atoms with E-state index < -0.39 is 5.91 Å². The summed E-state index contributed by atoms with van der Waals surface area (Å²) in [5.41, 5.74) is 6.76. The summed E-state index contributed by atoms with van der Waals surface area (Å²) in [5.74, 6) is 0.0380. The van der Waals surface area contributed by atoms with Crippen molar-refractivity contribution in [3.05, 3.63) is 52.7 Å². The minimum Gasteiger partial charge on any atom is -0.365 e. The van der Waals surface area contributed by atoms with Gasteiger partial charge >= 0.3 is 0 Å². The summed E-state index contributed by atoms with van der Waals surface area (Å²) in [6.07, 6.45) is 3.01. The molecule has 1 aliphatic heterocycles. The third-order valence-electron chi connectivity index (χ3n) is 4.77. The van der Waals surface area contributed by atoms with E-state index in [1.165, 1.54) is 11.6 Å². The summed E-state index contributed by atoms with van der Waals surface area (Å²) in [6.45, 7) is 1.49. The van der Waals surface area contributed by atoms with Crippen LogP contribution in [0.1, 0.15) is 28.8 Å². The van der Waals surface area contributed by atoms with Crippen LogP contribution in [0.25, 0.3) is 0 Å². The Kier molecular flexibility index (Phi) is 6.24. The van der Waals surface area contributed by atoms with Gasteiger partial charge in [-0.2, -0.15) is 0 Å². The van der Waals surface area contributed by atoms with Gasteiger partial charge in [0.1, 0.15) is 0 Å². The highest BCUT2D eigenvalue weighted by Crippen LogP contribution is 2.22. The SMILES string of the molecule is NC(=O)c1cc(Cl)nnc1NCC(=O)N1CCC(Cc2ccccc2)CC1. The first-order chi connectivity index (χ1) is 13.0. The molecule has 27 heavy (non-hydrogen) atoms. The molecule has 3 N–H and O–H groups in total. The fraction of sp³-hybridized carbons (Fsp3) is 0.368. The maximum atomic E-state index is 12.5. The Morgan fingerprint density at radius 2 is 1.89 bits per heavy atom. The van der Waals surface area contributed by atoms with Crippen molar-refractivity contribution in [2.24, 2.45) is 11.7 Å². The lowest BCUT2D eigenvalue weighted by Crippen LogP contribution is -2.41. The predicted molar refractivity (Wildman–Crippen MR) is 103 cm³/mol. The first kappa shape index (κ1) is 19.1. The number of piperidine rings is 1. The maximum Gasteiger partial charge on any atom is 0.252 e. The number of carbonyl (C=O) groups excluding carboxylic acids is 2. The van der Waals surface area contributed by atoms with Gasteiger partial charge in [0.15, 0.2) is 11.0 Å². The van der Waals surface area contributed by atoms with Gasteiger partial charge in [-0.1, -0.05) is 41.9 Å². The molecule has 1 aromatic carbocycles. The molecule has 0 bridgehead atoms. The number of nitrogens with one attached hydrogen (secondary N) is 1. The van der Waals surface area contributed by atoms with Crippen LogP contribution in [0.2, 0.25) is 5.15 Å². The minimum atomic E-state index is -0.677. The molecule has 1 aromatic heterocycles. The van der Waals surface area contributed by atoms with E-state index in [1.807, 2.05) is 11.0 Å². The Balaban J connectivity index is 1.49. The molecule has 0 radical (unpaired) electrons. The Bertz CT molecular complexity index is 807. The number of nitrogens with two attached hydrogens (primary N) is 1. The van der Waals surface area contributed by atoms with Gasteiger partial charge in [0.2, 0.25) is 5.91 Å². The fourth-order valence-electron chi connectivity index (χ4n) is 3.29. The van der Waals surface area contributed by atoms with Gasteiger partial charge in [0.25, 0.3) is 5.91 Å². The van der Waals surface area contributed by atoms with Crippen molar-refractivity contribution < 1.29 is 9.59 Å². The van der Waals surface area contributed by atoms with Crippen LogP contribution in [0, 0.1) is 5.92 Å². The predicted octanol–water partition coefficient (Wildman–Crippen LogP) is 2.12. The minimum absolute atomic E-state index is 0.0277. The van der Waals surface area contributed by atoms with Crippen LogP contribution in [-0.2, 0) is 11.2 Å². The van der Waals surface area contributed by atoms with Gasteiger partial charge in [0.05, 0.1) is 12.1 Å². The Morgan fingerprint density at radius 3 is 2.56 bits per heavy atom. The van der Waals surface area contributed by atoms with Crippen LogP contribution in [0.4, 0.5) is 5.82 Å². The summed E-state index contributed by atoms with van der Waals surface area (Å²) in [4.78, 5) is 25.8. The van der Waals surface area contributed by atoms with E-state index in [0.29, 0.717) is 5.92 Å². The van der Waals surface area contributed by atoms with Gasteiger partial charge in [-0.3, -0.25) is 9.59 Å². The summed E-state index contributed by atoms with van der Waals surface area (Å²) < 4.78 is 0. The second kappa shape index (κ2) is 8.81. The number of anilines is 1. The summed E-state index contributed by atoms with van der Waals surface area (Å²) >= 11 is 5.73.